The molecule has 5 heterocycles. The minimum atomic E-state index is -4.46. The Morgan fingerprint density at radius 1 is 1.07 bits per heavy atom. The fourth-order valence-corrected chi connectivity index (χ4v) is 3.57. The predicted octanol–water partition coefficient (Wildman–Crippen LogP) is 2.80. The number of piperidine rings is 1. The van der Waals surface area contributed by atoms with E-state index < -0.39 is 11.7 Å². The van der Waals surface area contributed by atoms with Crippen LogP contribution in [0.5, 0.6) is 0 Å². The van der Waals surface area contributed by atoms with E-state index >= 15 is 0 Å². The topological polar surface area (TPSA) is 81.0 Å². The van der Waals surface area contributed by atoms with Gasteiger partial charge in [-0.15, -0.1) is 5.10 Å². The third kappa shape index (κ3) is 3.60. The maximum atomic E-state index is 13.4. The highest BCUT2D eigenvalue weighted by molar-refractivity contribution is 5.65. The van der Waals surface area contributed by atoms with Crippen molar-refractivity contribution in [1.82, 2.24) is 24.7 Å². The lowest BCUT2D eigenvalue weighted by molar-refractivity contribution is -0.137. The number of rotatable bonds is 4. The highest BCUT2D eigenvalue weighted by atomic mass is 19.4. The molecule has 3 saturated heterocycles. The van der Waals surface area contributed by atoms with Gasteiger partial charge in [0.15, 0.2) is 5.82 Å². The molecule has 2 bridgehead atoms. The zero-order valence-electron chi connectivity index (χ0n) is 15.0. The minimum Gasteiger partial charge on any atom is -0.371 e. The molecular weight excluding hydrogens is 387 g/mol. The molecule has 3 aliphatic heterocycles. The molecule has 0 amide bonds. The molecule has 1 N–H and O–H groups in total. The van der Waals surface area contributed by atoms with E-state index in [-0.39, 0.29) is 23.8 Å². The van der Waals surface area contributed by atoms with E-state index in [0.29, 0.717) is 24.6 Å². The smallest absolute Gasteiger partial charge is 0.371 e. The SMILES string of the molecule is FC(F)(F)c1cc(Nc2ncn(-c3cnccn3)n2)cc(N2CC3CC(C2)O3)c1. The van der Waals surface area contributed by atoms with Crippen molar-refractivity contribution in [3.63, 3.8) is 0 Å². The lowest BCUT2D eigenvalue weighted by atomic mass is 9.98. The fraction of sp³-hybridized carbons (Fsp3) is 0.333. The number of anilines is 3. The molecule has 3 aromatic rings. The summed E-state index contributed by atoms with van der Waals surface area (Å²) in [6.45, 7) is 1.16. The van der Waals surface area contributed by atoms with Crippen LogP contribution in [0.4, 0.5) is 30.5 Å². The zero-order valence-corrected chi connectivity index (χ0v) is 15.0. The van der Waals surface area contributed by atoms with Gasteiger partial charge in [-0.3, -0.25) is 4.98 Å². The van der Waals surface area contributed by atoms with Crippen molar-refractivity contribution in [3.8, 4) is 5.82 Å². The summed E-state index contributed by atoms with van der Waals surface area (Å²) in [6.07, 6.45) is 2.63. The number of hydrogen-bond acceptors (Lipinski definition) is 7. The second-order valence-electron chi connectivity index (χ2n) is 6.99. The number of aromatic nitrogens is 5. The highest BCUT2D eigenvalue weighted by Gasteiger charge is 2.39. The maximum absolute atomic E-state index is 13.4. The number of nitrogens with zero attached hydrogens (tertiary/aromatic N) is 6. The van der Waals surface area contributed by atoms with E-state index in [4.69, 9.17) is 4.74 Å². The molecule has 29 heavy (non-hydrogen) atoms. The summed E-state index contributed by atoms with van der Waals surface area (Å²) in [7, 11) is 0. The van der Waals surface area contributed by atoms with E-state index in [1.165, 1.54) is 35.7 Å². The van der Waals surface area contributed by atoms with Crippen LogP contribution in [0.1, 0.15) is 12.0 Å². The molecule has 0 aliphatic carbocycles. The van der Waals surface area contributed by atoms with Crippen molar-refractivity contribution in [3.05, 3.63) is 48.7 Å². The number of alkyl halides is 3. The molecule has 1 aromatic carbocycles. The second kappa shape index (κ2) is 6.69. The molecule has 11 heteroatoms. The average molecular weight is 403 g/mol. The average Bonchev–Trinajstić information content (AvgIpc) is 3.16. The summed E-state index contributed by atoms with van der Waals surface area (Å²) in [4.78, 5) is 14.1. The van der Waals surface area contributed by atoms with E-state index in [1.54, 1.807) is 6.07 Å². The predicted molar refractivity (Wildman–Crippen MR) is 97.2 cm³/mol. The van der Waals surface area contributed by atoms with Crippen LogP contribution in [-0.4, -0.2) is 50.0 Å². The Kier molecular flexibility index (Phi) is 4.12. The Hall–Kier alpha value is -3.21. The molecule has 3 aliphatic rings. The molecule has 0 spiro atoms. The number of nitrogens with one attached hydrogen (secondary N) is 1. The van der Waals surface area contributed by atoms with Crippen LogP contribution < -0.4 is 10.2 Å². The molecule has 2 atom stereocenters. The summed E-state index contributed by atoms with van der Waals surface area (Å²) in [6, 6.07) is 3.89. The first-order valence-corrected chi connectivity index (χ1v) is 9.02. The van der Waals surface area contributed by atoms with Crippen LogP contribution >= 0.6 is 0 Å². The van der Waals surface area contributed by atoms with Crippen molar-refractivity contribution in [1.29, 1.82) is 0 Å². The number of ether oxygens (including phenoxy) is 1. The largest absolute Gasteiger partial charge is 0.416 e. The molecule has 6 rings (SSSR count). The Morgan fingerprint density at radius 2 is 1.86 bits per heavy atom. The highest BCUT2D eigenvalue weighted by Crippen LogP contribution is 2.37. The number of benzene rings is 1. The van der Waals surface area contributed by atoms with Gasteiger partial charge in [0.05, 0.1) is 24.0 Å². The molecule has 2 unspecified atom stereocenters. The summed E-state index contributed by atoms with van der Waals surface area (Å²) in [5, 5.41) is 7.07. The maximum Gasteiger partial charge on any atom is 0.416 e. The molecular formula is C18H16F3N7O. The zero-order chi connectivity index (χ0) is 20.0. The second-order valence-corrected chi connectivity index (χ2v) is 6.99. The van der Waals surface area contributed by atoms with Crippen molar-refractivity contribution < 1.29 is 17.9 Å². The van der Waals surface area contributed by atoms with Gasteiger partial charge < -0.3 is 15.0 Å². The summed E-state index contributed by atoms with van der Waals surface area (Å²) in [5.74, 6) is 0.607. The van der Waals surface area contributed by atoms with E-state index in [1.807, 2.05) is 4.90 Å². The molecule has 3 fully saturated rings. The van der Waals surface area contributed by atoms with Gasteiger partial charge in [-0.25, -0.2) is 4.98 Å². The lowest BCUT2D eigenvalue weighted by Gasteiger charge is -2.48. The Bertz CT molecular complexity index is 1010. The third-order valence-electron chi connectivity index (χ3n) is 4.90. The van der Waals surface area contributed by atoms with Crippen LogP contribution in [0.2, 0.25) is 0 Å². The fourth-order valence-electron chi connectivity index (χ4n) is 3.57. The van der Waals surface area contributed by atoms with Crippen molar-refractivity contribution >= 4 is 17.3 Å². The van der Waals surface area contributed by atoms with Gasteiger partial charge in [0.25, 0.3) is 0 Å². The van der Waals surface area contributed by atoms with Crippen molar-refractivity contribution in [2.75, 3.05) is 23.3 Å². The van der Waals surface area contributed by atoms with Crippen LogP contribution in [0.25, 0.3) is 5.82 Å². The quantitative estimate of drug-likeness (QED) is 0.717. The van der Waals surface area contributed by atoms with Gasteiger partial charge in [-0.2, -0.15) is 22.8 Å². The Labute approximate surface area is 163 Å². The molecule has 0 saturated carbocycles. The normalized spacial score (nSPS) is 21.0. The Balaban J connectivity index is 1.43. The van der Waals surface area contributed by atoms with Gasteiger partial charge >= 0.3 is 6.18 Å². The number of halogens is 3. The van der Waals surface area contributed by atoms with Gasteiger partial charge in [-0.1, -0.05) is 0 Å². The van der Waals surface area contributed by atoms with Gasteiger partial charge in [0.1, 0.15) is 6.33 Å². The number of fused-ring (bicyclic) bond motifs is 2. The van der Waals surface area contributed by atoms with E-state index in [9.17, 15) is 13.2 Å². The van der Waals surface area contributed by atoms with Gasteiger partial charge in [0.2, 0.25) is 5.95 Å². The first-order valence-electron chi connectivity index (χ1n) is 9.02. The number of hydrogen-bond donors (Lipinski definition) is 1. The van der Waals surface area contributed by atoms with Crippen molar-refractivity contribution in [2.24, 2.45) is 0 Å². The van der Waals surface area contributed by atoms with Crippen LogP contribution in [-0.2, 0) is 10.9 Å². The third-order valence-corrected chi connectivity index (χ3v) is 4.90. The first-order chi connectivity index (χ1) is 13.9. The summed E-state index contributed by atoms with van der Waals surface area (Å²) in [5.41, 5.74) is 0.0200. The van der Waals surface area contributed by atoms with Crippen LogP contribution in [0.3, 0.4) is 0 Å². The van der Waals surface area contributed by atoms with Gasteiger partial charge in [-0.05, 0) is 18.2 Å². The van der Waals surface area contributed by atoms with E-state index in [0.717, 1.165) is 12.5 Å². The Morgan fingerprint density at radius 3 is 2.55 bits per heavy atom. The molecule has 150 valence electrons. The standard InChI is InChI=1S/C18H16F3N7O/c19-18(20,21)11-3-12(5-13(4-11)27-8-14-6-15(9-27)29-14)25-17-24-10-28(26-17)16-7-22-1-2-23-16/h1-5,7,10,14-15H,6,8-9H2,(H,25,26). The van der Waals surface area contributed by atoms with Crippen LogP contribution in [0.15, 0.2) is 43.1 Å². The monoisotopic (exact) mass is 403 g/mol. The summed E-state index contributed by atoms with van der Waals surface area (Å²) < 4.78 is 47.3. The lowest BCUT2D eigenvalue weighted by Crippen LogP contribution is -2.57. The van der Waals surface area contributed by atoms with E-state index in [2.05, 4.69) is 25.4 Å². The molecule has 0 radical (unpaired) electrons. The minimum absolute atomic E-state index is 0.0871. The first kappa shape index (κ1) is 17.9. The van der Waals surface area contributed by atoms with Gasteiger partial charge in [0, 0.05) is 43.3 Å². The molecule has 8 nitrogen and oxygen atoms in total. The summed E-state index contributed by atoms with van der Waals surface area (Å²) >= 11 is 0. The van der Waals surface area contributed by atoms with Crippen molar-refractivity contribution in [2.45, 2.75) is 24.8 Å². The number of morpholine rings is 1. The molecule has 2 aromatic heterocycles. The van der Waals surface area contributed by atoms with Crippen LogP contribution in [0, 0.1) is 0 Å².